The molecule has 3 atom stereocenters. The van der Waals surface area contributed by atoms with Crippen molar-refractivity contribution < 1.29 is 14.1 Å². The Bertz CT molecular complexity index is 576. The summed E-state index contributed by atoms with van der Waals surface area (Å²) in [6.45, 7) is 7.30. The number of hydrogen-bond acceptors (Lipinski definition) is 5. The molecule has 1 aliphatic carbocycles. The minimum atomic E-state index is 0.00780. The Morgan fingerprint density at radius 1 is 1.35 bits per heavy atom. The van der Waals surface area contributed by atoms with Gasteiger partial charge in [-0.3, -0.25) is 9.69 Å². The molecule has 3 heterocycles. The van der Waals surface area contributed by atoms with Crippen molar-refractivity contribution in [2.45, 2.75) is 51.9 Å². The molecule has 4 rings (SSSR count). The average molecular weight is 319 g/mol. The molecule has 0 spiro atoms. The molecular weight excluding hydrogens is 294 g/mol. The van der Waals surface area contributed by atoms with Crippen LogP contribution in [0.15, 0.2) is 4.52 Å². The van der Waals surface area contributed by atoms with Crippen molar-refractivity contribution >= 4 is 5.91 Å². The number of aryl methyl sites for hydroxylation is 2. The highest BCUT2D eigenvalue weighted by Gasteiger charge is 2.44. The predicted octanol–water partition coefficient (Wildman–Crippen LogP) is 1.41. The van der Waals surface area contributed by atoms with Gasteiger partial charge in [-0.1, -0.05) is 5.16 Å². The van der Waals surface area contributed by atoms with Crippen LogP contribution in [0.5, 0.6) is 0 Å². The van der Waals surface area contributed by atoms with Gasteiger partial charge in [-0.2, -0.15) is 0 Å². The van der Waals surface area contributed by atoms with E-state index in [-0.39, 0.29) is 24.0 Å². The van der Waals surface area contributed by atoms with Gasteiger partial charge in [0.15, 0.2) is 0 Å². The monoisotopic (exact) mass is 319 g/mol. The molecule has 2 bridgehead atoms. The third kappa shape index (κ3) is 3.15. The van der Waals surface area contributed by atoms with Crippen molar-refractivity contribution in [3.63, 3.8) is 0 Å². The standard InChI is InChI=1S/C17H25N3O3/c1-10-15(11(2)23-19-10)8-20-7-13-5-14(16(9-20)22-13)17(21)18-6-12-3-4-12/h12-14,16H,3-9H2,1-2H3,(H,18,21)/t13-,14+,16-/m1/s1. The van der Waals surface area contributed by atoms with Crippen LogP contribution in [-0.4, -0.2) is 47.8 Å². The zero-order valence-electron chi connectivity index (χ0n) is 13.9. The lowest BCUT2D eigenvalue weighted by Gasteiger charge is -2.32. The third-order valence-corrected chi connectivity index (χ3v) is 5.39. The fourth-order valence-corrected chi connectivity index (χ4v) is 3.79. The van der Waals surface area contributed by atoms with Gasteiger partial charge in [-0.15, -0.1) is 0 Å². The van der Waals surface area contributed by atoms with Crippen molar-refractivity contribution in [1.29, 1.82) is 0 Å². The number of carbonyl (C=O) groups excluding carboxylic acids is 1. The van der Waals surface area contributed by atoms with E-state index in [1.807, 2.05) is 13.8 Å². The van der Waals surface area contributed by atoms with Crippen LogP contribution < -0.4 is 5.32 Å². The number of nitrogens with one attached hydrogen (secondary N) is 1. The third-order valence-electron chi connectivity index (χ3n) is 5.39. The Kier molecular flexibility index (Phi) is 3.89. The Balaban J connectivity index is 1.37. The smallest absolute Gasteiger partial charge is 0.225 e. The number of hydrogen-bond donors (Lipinski definition) is 1. The molecule has 2 saturated heterocycles. The number of rotatable bonds is 5. The first kappa shape index (κ1) is 15.1. The SMILES string of the molecule is Cc1noc(C)c1CN1C[C@H]2C[C@H](C(=O)NCC3CC3)[C@@H](C1)O2. The second-order valence-corrected chi connectivity index (χ2v) is 7.32. The highest BCUT2D eigenvalue weighted by atomic mass is 16.5. The number of likely N-dealkylation sites (tertiary alicyclic amines) is 1. The van der Waals surface area contributed by atoms with E-state index in [4.69, 9.17) is 9.26 Å². The molecule has 0 unspecified atom stereocenters. The van der Waals surface area contributed by atoms with E-state index < -0.39 is 0 Å². The molecule has 23 heavy (non-hydrogen) atoms. The van der Waals surface area contributed by atoms with E-state index in [9.17, 15) is 4.79 Å². The normalized spacial score (nSPS) is 30.6. The summed E-state index contributed by atoms with van der Waals surface area (Å²) in [4.78, 5) is 14.8. The average Bonchev–Trinajstić information content (AvgIpc) is 3.25. The molecule has 2 aliphatic heterocycles. The van der Waals surface area contributed by atoms with E-state index in [2.05, 4.69) is 15.4 Å². The first-order valence-corrected chi connectivity index (χ1v) is 8.67. The summed E-state index contributed by atoms with van der Waals surface area (Å²) in [5.74, 6) is 1.80. The van der Waals surface area contributed by atoms with Crippen LogP contribution in [0, 0.1) is 25.7 Å². The Hall–Kier alpha value is -1.40. The van der Waals surface area contributed by atoms with Crippen molar-refractivity contribution in [2.75, 3.05) is 19.6 Å². The van der Waals surface area contributed by atoms with Crippen LogP contribution in [-0.2, 0) is 16.1 Å². The number of aromatic nitrogens is 1. The Morgan fingerprint density at radius 2 is 2.17 bits per heavy atom. The molecule has 3 aliphatic rings. The van der Waals surface area contributed by atoms with Gasteiger partial charge in [-0.25, -0.2) is 0 Å². The van der Waals surface area contributed by atoms with Crippen molar-refractivity contribution in [3.8, 4) is 0 Å². The summed E-state index contributed by atoms with van der Waals surface area (Å²) in [6, 6.07) is 0. The number of fused-ring (bicyclic) bond motifs is 2. The van der Waals surface area contributed by atoms with Crippen LogP contribution in [0.25, 0.3) is 0 Å². The van der Waals surface area contributed by atoms with E-state index in [1.165, 1.54) is 18.4 Å². The van der Waals surface area contributed by atoms with Gasteiger partial charge < -0.3 is 14.6 Å². The van der Waals surface area contributed by atoms with Crippen molar-refractivity contribution in [3.05, 3.63) is 17.0 Å². The number of nitrogens with zero attached hydrogens (tertiary/aromatic N) is 2. The molecule has 0 aromatic carbocycles. The maximum absolute atomic E-state index is 12.4. The molecule has 1 N–H and O–H groups in total. The summed E-state index contributed by atoms with van der Waals surface area (Å²) in [5, 5.41) is 7.14. The lowest BCUT2D eigenvalue weighted by Crippen LogP contribution is -2.45. The molecule has 1 aromatic heterocycles. The number of carbonyl (C=O) groups is 1. The summed E-state index contributed by atoms with van der Waals surface area (Å²) < 4.78 is 11.3. The van der Waals surface area contributed by atoms with Crippen molar-refractivity contribution in [1.82, 2.24) is 15.4 Å². The van der Waals surface area contributed by atoms with E-state index >= 15 is 0 Å². The Morgan fingerprint density at radius 3 is 2.87 bits per heavy atom. The highest BCUT2D eigenvalue weighted by molar-refractivity contribution is 5.79. The molecule has 126 valence electrons. The maximum Gasteiger partial charge on any atom is 0.225 e. The second-order valence-electron chi connectivity index (χ2n) is 7.32. The maximum atomic E-state index is 12.4. The number of morpholine rings is 1. The van der Waals surface area contributed by atoms with Crippen LogP contribution in [0.1, 0.15) is 36.3 Å². The van der Waals surface area contributed by atoms with Gasteiger partial charge in [0.2, 0.25) is 5.91 Å². The molecular formula is C17H25N3O3. The lowest BCUT2D eigenvalue weighted by molar-refractivity contribution is -0.128. The van der Waals surface area contributed by atoms with Crippen LogP contribution in [0.3, 0.4) is 0 Å². The molecule has 6 nitrogen and oxygen atoms in total. The number of amides is 1. The zero-order valence-corrected chi connectivity index (χ0v) is 13.9. The van der Waals surface area contributed by atoms with Gasteiger partial charge in [-0.05, 0) is 39.0 Å². The van der Waals surface area contributed by atoms with E-state index in [1.54, 1.807) is 0 Å². The quantitative estimate of drug-likeness (QED) is 0.889. The minimum Gasteiger partial charge on any atom is -0.371 e. The van der Waals surface area contributed by atoms with Gasteiger partial charge in [0.25, 0.3) is 0 Å². The van der Waals surface area contributed by atoms with Crippen LogP contribution in [0.4, 0.5) is 0 Å². The second kappa shape index (κ2) is 5.91. The molecule has 1 aromatic rings. The van der Waals surface area contributed by atoms with Gasteiger partial charge >= 0.3 is 0 Å². The fourth-order valence-electron chi connectivity index (χ4n) is 3.79. The van der Waals surface area contributed by atoms with Gasteiger partial charge in [0.05, 0.1) is 23.8 Å². The van der Waals surface area contributed by atoms with Crippen LogP contribution in [0.2, 0.25) is 0 Å². The van der Waals surface area contributed by atoms with Gasteiger partial charge in [0.1, 0.15) is 5.76 Å². The zero-order chi connectivity index (χ0) is 16.0. The number of ether oxygens (including phenoxy) is 1. The Labute approximate surface area is 136 Å². The first-order valence-electron chi connectivity index (χ1n) is 8.67. The fraction of sp³-hybridized carbons (Fsp3) is 0.765. The summed E-state index contributed by atoms with van der Waals surface area (Å²) in [6.07, 6.45) is 3.57. The molecule has 0 radical (unpaired) electrons. The topological polar surface area (TPSA) is 67.6 Å². The summed E-state index contributed by atoms with van der Waals surface area (Å²) in [5.41, 5.74) is 2.13. The van der Waals surface area contributed by atoms with Crippen LogP contribution >= 0.6 is 0 Å². The first-order chi connectivity index (χ1) is 11.1. The van der Waals surface area contributed by atoms with Gasteiger partial charge in [0, 0.05) is 31.7 Å². The lowest BCUT2D eigenvalue weighted by atomic mass is 9.99. The van der Waals surface area contributed by atoms with E-state index in [0.717, 1.165) is 50.0 Å². The molecule has 1 saturated carbocycles. The largest absolute Gasteiger partial charge is 0.371 e. The summed E-state index contributed by atoms with van der Waals surface area (Å²) in [7, 11) is 0. The molecule has 6 heteroatoms. The predicted molar refractivity (Wildman–Crippen MR) is 83.8 cm³/mol. The van der Waals surface area contributed by atoms with Crippen molar-refractivity contribution in [2.24, 2.45) is 11.8 Å². The molecule has 1 amide bonds. The minimum absolute atomic E-state index is 0.00780. The highest BCUT2D eigenvalue weighted by Crippen LogP contribution is 2.34. The van der Waals surface area contributed by atoms with E-state index in [0.29, 0.717) is 0 Å². The molecule has 3 fully saturated rings. The summed E-state index contributed by atoms with van der Waals surface area (Å²) >= 11 is 0.